The topological polar surface area (TPSA) is 84.5 Å². The molecule has 0 aromatic heterocycles. The summed E-state index contributed by atoms with van der Waals surface area (Å²) in [6, 6.07) is 3.37. The second kappa shape index (κ2) is 8.52. The van der Waals surface area contributed by atoms with Crippen LogP contribution in [0.25, 0.3) is 0 Å². The summed E-state index contributed by atoms with van der Waals surface area (Å²) in [5, 5.41) is 2.97. The van der Waals surface area contributed by atoms with E-state index in [2.05, 4.69) is 10.0 Å². The summed E-state index contributed by atoms with van der Waals surface area (Å²) >= 11 is 5.85. The number of hydrogen-bond acceptors (Lipinski definition) is 4. The molecule has 0 saturated carbocycles. The molecule has 1 rings (SSSR count). The molecule has 1 aromatic rings. The van der Waals surface area contributed by atoms with Crippen LogP contribution in [0.3, 0.4) is 0 Å². The van der Waals surface area contributed by atoms with Crippen molar-refractivity contribution in [1.82, 2.24) is 10.0 Å². The normalized spacial score (nSPS) is 13.0. The number of methoxy groups -OCH3 is 1. The van der Waals surface area contributed by atoms with E-state index >= 15 is 0 Å². The number of ether oxygens (including phenoxy) is 1. The van der Waals surface area contributed by atoms with Crippen molar-refractivity contribution in [3.63, 3.8) is 0 Å². The lowest BCUT2D eigenvalue weighted by molar-refractivity contribution is -0.122. The number of carbonyl (C=O) groups is 1. The summed E-state index contributed by atoms with van der Waals surface area (Å²) in [4.78, 5) is 11.9. The van der Waals surface area contributed by atoms with Crippen LogP contribution in [0, 0.1) is 5.92 Å². The molecule has 2 N–H and O–H groups in total. The molecule has 23 heavy (non-hydrogen) atoms. The molecule has 6 nitrogen and oxygen atoms in total. The molecule has 0 aliphatic carbocycles. The van der Waals surface area contributed by atoms with Crippen molar-refractivity contribution in [2.75, 3.05) is 13.7 Å². The predicted molar refractivity (Wildman–Crippen MR) is 90.3 cm³/mol. The predicted octanol–water partition coefficient (Wildman–Crippen LogP) is 2.18. The summed E-state index contributed by atoms with van der Waals surface area (Å²) in [6.45, 7) is 6.08. The van der Waals surface area contributed by atoms with Crippen molar-refractivity contribution in [2.45, 2.75) is 38.1 Å². The first-order valence-electron chi connectivity index (χ1n) is 7.31. The summed E-state index contributed by atoms with van der Waals surface area (Å²) in [5.41, 5.74) is 0. The average Bonchev–Trinajstić information content (AvgIpc) is 2.46. The summed E-state index contributed by atoms with van der Waals surface area (Å²) < 4.78 is 32.2. The van der Waals surface area contributed by atoms with Crippen molar-refractivity contribution >= 4 is 27.5 Å². The molecule has 0 heterocycles. The second-order valence-corrected chi connectivity index (χ2v) is 7.73. The minimum atomic E-state index is -3.93. The first-order valence-corrected chi connectivity index (χ1v) is 9.17. The maximum atomic E-state index is 12.4. The second-order valence-electron chi connectivity index (χ2n) is 5.61. The quantitative estimate of drug-likeness (QED) is 0.742. The Balaban J connectivity index is 2.82. The molecule has 0 unspecified atom stereocenters. The number of benzene rings is 1. The minimum Gasteiger partial charge on any atom is -0.495 e. The van der Waals surface area contributed by atoms with E-state index in [0.29, 0.717) is 12.5 Å². The molecule has 130 valence electrons. The zero-order chi connectivity index (χ0) is 17.6. The van der Waals surface area contributed by atoms with Gasteiger partial charge in [-0.15, -0.1) is 0 Å². The van der Waals surface area contributed by atoms with E-state index in [1.807, 2.05) is 13.8 Å². The van der Waals surface area contributed by atoms with Gasteiger partial charge >= 0.3 is 0 Å². The first-order chi connectivity index (χ1) is 10.7. The molecular formula is C15H23ClN2O4S. The number of amides is 1. The highest BCUT2D eigenvalue weighted by Crippen LogP contribution is 2.26. The summed E-state index contributed by atoms with van der Waals surface area (Å²) in [7, 11) is -2.57. The van der Waals surface area contributed by atoms with Crippen LogP contribution in [0.5, 0.6) is 5.75 Å². The molecule has 0 spiro atoms. The third kappa shape index (κ3) is 6.01. The number of hydrogen-bond donors (Lipinski definition) is 2. The van der Waals surface area contributed by atoms with E-state index in [0.717, 1.165) is 6.42 Å². The van der Waals surface area contributed by atoms with Gasteiger partial charge < -0.3 is 10.1 Å². The molecule has 0 bridgehead atoms. The average molecular weight is 363 g/mol. The van der Waals surface area contributed by atoms with E-state index in [9.17, 15) is 13.2 Å². The number of sulfonamides is 1. The highest BCUT2D eigenvalue weighted by Gasteiger charge is 2.25. The van der Waals surface area contributed by atoms with Crippen LogP contribution < -0.4 is 14.8 Å². The van der Waals surface area contributed by atoms with Gasteiger partial charge in [-0.2, -0.15) is 4.72 Å². The molecular weight excluding hydrogens is 340 g/mol. The van der Waals surface area contributed by atoms with Gasteiger partial charge in [0, 0.05) is 11.6 Å². The van der Waals surface area contributed by atoms with Gasteiger partial charge in [0.05, 0.1) is 13.2 Å². The van der Waals surface area contributed by atoms with Crippen molar-refractivity contribution in [3.8, 4) is 5.75 Å². The van der Waals surface area contributed by atoms with Gasteiger partial charge in [0.1, 0.15) is 10.6 Å². The van der Waals surface area contributed by atoms with Gasteiger partial charge in [0.2, 0.25) is 15.9 Å². The third-order valence-corrected chi connectivity index (χ3v) is 4.96. The van der Waals surface area contributed by atoms with Crippen LogP contribution in [0.4, 0.5) is 0 Å². The van der Waals surface area contributed by atoms with Crippen LogP contribution in [0.2, 0.25) is 5.02 Å². The van der Waals surface area contributed by atoms with Crippen molar-refractivity contribution in [3.05, 3.63) is 23.2 Å². The van der Waals surface area contributed by atoms with Crippen LogP contribution in [-0.2, 0) is 14.8 Å². The van der Waals surface area contributed by atoms with Gasteiger partial charge in [-0.25, -0.2) is 8.42 Å². The van der Waals surface area contributed by atoms with Crippen molar-refractivity contribution in [1.29, 1.82) is 0 Å². The Bertz CT molecular complexity index is 647. The first kappa shape index (κ1) is 19.7. The highest BCUT2D eigenvalue weighted by molar-refractivity contribution is 7.89. The number of nitrogens with one attached hydrogen (secondary N) is 2. The Morgan fingerprint density at radius 3 is 2.52 bits per heavy atom. The van der Waals surface area contributed by atoms with Crippen molar-refractivity contribution < 1.29 is 17.9 Å². The Kier molecular flexibility index (Phi) is 7.31. The number of carbonyl (C=O) groups excluding carboxylic acids is 1. The largest absolute Gasteiger partial charge is 0.495 e. The fourth-order valence-electron chi connectivity index (χ4n) is 1.85. The lowest BCUT2D eigenvalue weighted by Gasteiger charge is -2.16. The zero-order valence-electron chi connectivity index (χ0n) is 13.7. The Labute approximate surface area is 142 Å². The van der Waals surface area contributed by atoms with E-state index in [1.54, 1.807) is 0 Å². The van der Waals surface area contributed by atoms with E-state index in [1.165, 1.54) is 32.2 Å². The molecule has 0 aliphatic rings. The van der Waals surface area contributed by atoms with Gasteiger partial charge in [-0.1, -0.05) is 25.4 Å². The fraction of sp³-hybridized carbons (Fsp3) is 0.533. The lowest BCUT2D eigenvalue weighted by atomic mass is 10.1. The Morgan fingerprint density at radius 2 is 1.96 bits per heavy atom. The van der Waals surface area contributed by atoms with Crippen LogP contribution in [0.15, 0.2) is 23.1 Å². The maximum absolute atomic E-state index is 12.4. The molecule has 0 radical (unpaired) electrons. The number of halogens is 1. The van der Waals surface area contributed by atoms with E-state index < -0.39 is 16.1 Å². The number of rotatable bonds is 8. The summed E-state index contributed by atoms with van der Waals surface area (Å²) in [5.74, 6) is 0.238. The molecule has 1 aromatic carbocycles. The third-order valence-electron chi connectivity index (χ3n) is 3.16. The molecule has 0 aliphatic heterocycles. The SMILES string of the molecule is COc1ccc(Cl)cc1S(=O)(=O)N[C@H](C)C(=O)NCCC(C)C. The fourth-order valence-corrected chi connectivity index (χ4v) is 3.48. The molecule has 1 amide bonds. The van der Waals surface area contributed by atoms with E-state index in [-0.39, 0.29) is 21.6 Å². The molecule has 0 saturated heterocycles. The Morgan fingerprint density at radius 1 is 1.30 bits per heavy atom. The van der Waals surface area contributed by atoms with Crippen LogP contribution >= 0.6 is 11.6 Å². The smallest absolute Gasteiger partial charge is 0.245 e. The zero-order valence-corrected chi connectivity index (χ0v) is 15.3. The molecule has 8 heteroatoms. The lowest BCUT2D eigenvalue weighted by Crippen LogP contribution is -2.45. The van der Waals surface area contributed by atoms with Crippen LogP contribution in [-0.4, -0.2) is 34.0 Å². The maximum Gasteiger partial charge on any atom is 0.245 e. The summed E-state index contributed by atoms with van der Waals surface area (Å²) in [6.07, 6.45) is 0.827. The highest BCUT2D eigenvalue weighted by atomic mass is 35.5. The van der Waals surface area contributed by atoms with Crippen LogP contribution in [0.1, 0.15) is 27.2 Å². The molecule has 0 fully saturated rings. The van der Waals surface area contributed by atoms with Gasteiger partial charge in [0.25, 0.3) is 0 Å². The Hall–Kier alpha value is -1.31. The van der Waals surface area contributed by atoms with Crippen molar-refractivity contribution in [2.24, 2.45) is 5.92 Å². The van der Waals surface area contributed by atoms with Gasteiger partial charge in [-0.3, -0.25) is 4.79 Å². The molecule has 1 atom stereocenters. The van der Waals surface area contributed by atoms with Gasteiger partial charge in [0.15, 0.2) is 0 Å². The van der Waals surface area contributed by atoms with E-state index in [4.69, 9.17) is 16.3 Å². The standard InChI is InChI=1S/C15H23ClN2O4S/c1-10(2)7-8-17-15(19)11(3)18-23(20,21)14-9-12(16)5-6-13(14)22-4/h5-6,9-11,18H,7-8H2,1-4H3,(H,17,19)/t11-/m1/s1. The monoisotopic (exact) mass is 362 g/mol. The van der Waals surface area contributed by atoms with Gasteiger partial charge in [-0.05, 0) is 37.5 Å². The minimum absolute atomic E-state index is 0.102.